The Balaban J connectivity index is 1.81. The lowest BCUT2D eigenvalue weighted by Crippen LogP contribution is -2.69. The summed E-state index contributed by atoms with van der Waals surface area (Å²) >= 11 is 0. The van der Waals surface area contributed by atoms with Crippen molar-refractivity contribution in [1.82, 2.24) is 21.0 Å². The summed E-state index contributed by atoms with van der Waals surface area (Å²) in [7, 11) is 1.58. The summed E-state index contributed by atoms with van der Waals surface area (Å²) in [4.78, 5) is 12.7. The number of nitrogens with one attached hydrogen (secondary N) is 3. The van der Waals surface area contributed by atoms with Crippen LogP contribution in [-0.4, -0.2) is 150 Å². The van der Waals surface area contributed by atoms with E-state index in [2.05, 4.69) is 16.0 Å². The van der Waals surface area contributed by atoms with Gasteiger partial charge in [0.1, 0.15) is 29.7 Å². The summed E-state index contributed by atoms with van der Waals surface area (Å²) in [5.74, 6) is -0.195. The SMILES string of the molecule is CN[C@@H]1[C@@H](O)[C@@H](O[C@H]2[C@H](NC(=O)N(O)CCN)C[C@H](N)C([C@H]3OC(CNCC(O)CCN)=CC[C@H]3N)[C@@H]2O)OC[C@]1(C)O. The molecule has 2 amide bonds. The van der Waals surface area contributed by atoms with Crippen molar-refractivity contribution in [3.05, 3.63) is 11.8 Å². The van der Waals surface area contributed by atoms with Gasteiger partial charge in [-0.05, 0) is 45.9 Å². The van der Waals surface area contributed by atoms with Crippen LogP contribution in [0.15, 0.2) is 11.8 Å². The van der Waals surface area contributed by atoms with Gasteiger partial charge in [-0.1, -0.05) is 0 Å². The van der Waals surface area contributed by atoms with Crippen LogP contribution in [0.1, 0.15) is 26.2 Å². The number of aliphatic hydroxyl groups excluding tert-OH is 3. The number of nitrogens with zero attached hydrogens (tertiary/aromatic N) is 1. The molecule has 12 atom stereocenters. The lowest BCUT2D eigenvalue weighted by Gasteiger charge is -2.50. The molecule has 0 radical (unpaired) electrons. The quantitative estimate of drug-likeness (QED) is 0.0679. The van der Waals surface area contributed by atoms with Crippen LogP contribution < -0.4 is 38.9 Å². The topological polar surface area (TPSA) is 289 Å². The molecular formula is C26H52N8O9. The zero-order chi connectivity index (χ0) is 31.9. The fourth-order valence-corrected chi connectivity index (χ4v) is 6.07. The number of carbonyl (C=O) groups excluding carboxylic acids is 1. The number of rotatable bonds is 13. The van der Waals surface area contributed by atoms with E-state index in [0.29, 0.717) is 43.3 Å². The van der Waals surface area contributed by atoms with E-state index in [-0.39, 0.29) is 26.1 Å². The molecule has 250 valence electrons. The number of nitrogens with two attached hydrogens (primary N) is 4. The van der Waals surface area contributed by atoms with Crippen LogP contribution in [0.2, 0.25) is 0 Å². The van der Waals surface area contributed by atoms with E-state index in [0.717, 1.165) is 0 Å². The van der Waals surface area contributed by atoms with Crippen LogP contribution in [0.5, 0.6) is 0 Å². The van der Waals surface area contributed by atoms with Gasteiger partial charge in [0.2, 0.25) is 0 Å². The van der Waals surface area contributed by atoms with E-state index in [1.54, 1.807) is 7.05 Å². The molecular weight excluding hydrogens is 568 g/mol. The number of likely N-dealkylation sites (N-methyl/N-ethyl adjacent to an activating group) is 1. The molecule has 16 N–H and O–H groups in total. The fourth-order valence-electron chi connectivity index (χ4n) is 6.07. The van der Waals surface area contributed by atoms with Gasteiger partial charge in [0.25, 0.3) is 0 Å². The first kappa shape index (κ1) is 35.8. The molecule has 0 spiro atoms. The van der Waals surface area contributed by atoms with Crippen molar-refractivity contribution in [2.75, 3.05) is 46.4 Å². The average molecular weight is 621 g/mol. The first-order chi connectivity index (χ1) is 20.3. The van der Waals surface area contributed by atoms with Crippen LogP contribution in [0, 0.1) is 5.92 Å². The highest BCUT2D eigenvalue weighted by Gasteiger charge is 2.53. The van der Waals surface area contributed by atoms with Crippen molar-refractivity contribution >= 4 is 6.03 Å². The van der Waals surface area contributed by atoms with Gasteiger partial charge in [0.15, 0.2) is 6.29 Å². The van der Waals surface area contributed by atoms with Gasteiger partial charge in [-0.2, -0.15) is 0 Å². The van der Waals surface area contributed by atoms with Gasteiger partial charge < -0.3 is 73.5 Å². The van der Waals surface area contributed by atoms with Crippen LogP contribution in [-0.2, 0) is 14.2 Å². The third-order valence-electron chi connectivity index (χ3n) is 8.35. The maximum absolute atomic E-state index is 12.7. The molecule has 2 fully saturated rings. The van der Waals surface area contributed by atoms with Crippen molar-refractivity contribution in [1.29, 1.82) is 0 Å². The average Bonchev–Trinajstić information content (AvgIpc) is 2.93. The summed E-state index contributed by atoms with van der Waals surface area (Å²) in [5, 5.41) is 62.4. The standard InChI is InChI=1S/C26H52N8O9/c1-26(39)12-41-24(20(37)23(26)31-2)43-22-17(33-25(38)34(40)8-7-28)9-16(30)18(19(22)36)21-15(29)4-3-14(42-21)11-32-10-13(35)5-6-27/h3,13,15-24,31-32,35-37,39-40H,4-12,27-30H2,1-2H3,(H,33,38)/t13?,15-,16+,17-,18?,19+,20-,21+,22+,23-,24-,26+/m1/s1. The highest BCUT2D eigenvalue weighted by molar-refractivity contribution is 5.73. The molecule has 2 aliphatic heterocycles. The Morgan fingerprint density at radius 2 is 1.95 bits per heavy atom. The van der Waals surface area contributed by atoms with Crippen molar-refractivity contribution in [2.45, 2.75) is 92.8 Å². The molecule has 43 heavy (non-hydrogen) atoms. The van der Waals surface area contributed by atoms with E-state index >= 15 is 0 Å². The molecule has 1 saturated carbocycles. The lowest BCUT2D eigenvalue weighted by molar-refractivity contribution is -0.297. The van der Waals surface area contributed by atoms with Gasteiger partial charge >= 0.3 is 6.03 Å². The largest absolute Gasteiger partial charge is 0.492 e. The fraction of sp³-hybridized carbons (Fsp3) is 0.885. The molecule has 17 heteroatoms. The summed E-state index contributed by atoms with van der Waals surface area (Å²) < 4.78 is 18.0. The van der Waals surface area contributed by atoms with Crippen molar-refractivity contribution < 1.29 is 44.6 Å². The summed E-state index contributed by atoms with van der Waals surface area (Å²) in [6, 6.07) is -3.87. The number of ether oxygens (including phenoxy) is 3. The van der Waals surface area contributed by atoms with E-state index in [1.807, 2.05) is 6.08 Å². The van der Waals surface area contributed by atoms with Gasteiger partial charge in [0.05, 0.1) is 44.0 Å². The van der Waals surface area contributed by atoms with Gasteiger partial charge in [0, 0.05) is 31.1 Å². The summed E-state index contributed by atoms with van der Waals surface area (Å²) in [5.41, 5.74) is 22.6. The maximum atomic E-state index is 12.7. The van der Waals surface area contributed by atoms with Crippen LogP contribution in [0.4, 0.5) is 4.79 Å². The van der Waals surface area contributed by atoms with E-state index in [1.165, 1.54) is 6.92 Å². The number of hydrogen-bond donors (Lipinski definition) is 12. The molecule has 2 heterocycles. The molecule has 2 unspecified atom stereocenters. The molecule has 0 aromatic heterocycles. The number of hydrogen-bond acceptors (Lipinski definition) is 15. The number of carbonyl (C=O) groups is 1. The zero-order valence-electron chi connectivity index (χ0n) is 24.9. The maximum Gasteiger partial charge on any atom is 0.341 e. The van der Waals surface area contributed by atoms with Gasteiger partial charge in [-0.25, -0.2) is 9.86 Å². The smallest absolute Gasteiger partial charge is 0.341 e. The summed E-state index contributed by atoms with van der Waals surface area (Å²) in [6.07, 6.45) is -3.70. The third-order valence-corrected chi connectivity index (χ3v) is 8.35. The van der Waals surface area contributed by atoms with Crippen LogP contribution in [0.25, 0.3) is 0 Å². The zero-order valence-corrected chi connectivity index (χ0v) is 24.9. The highest BCUT2D eigenvalue weighted by atomic mass is 16.7. The highest BCUT2D eigenvalue weighted by Crippen LogP contribution is 2.36. The normalized spacial score (nSPS) is 39.0. The second-order valence-electron chi connectivity index (χ2n) is 11.8. The third kappa shape index (κ3) is 8.94. The molecule has 17 nitrogen and oxygen atoms in total. The van der Waals surface area contributed by atoms with Gasteiger partial charge in [-0.15, -0.1) is 0 Å². The number of hydroxylamine groups is 2. The first-order valence-corrected chi connectivity index (χ1v) is 14.8. The monoisotopic (exact) mass is 620 g/mol. The molecule has 0 bridgehead atoms. The summed E-state index contributed by atoms with van der Waals surface area (Å²) in [6.45, 7) is 2.19. The Hall–Kier alpha value is -1.71. The molecule has 0 aromatic rings. The van der Waals surface area contributed by atoms with E-state index in [9.17, 15) is 30.4 Å². The molecule has 0 aromatic carbocycles. The lowest BCUT2D eigenvalue weighted by atomic mass is 9.72. The Morgan fingerprint density at radius 3 is 2.60 bits per heavy atom. The van der Waals surface area contributed by atoms with E-state index < -0.39 is 78.5 Å². The van der Waals surface area contributed by atoms with Crippen LogP contribution >= 0.6 is 0 Å². The Kier molecular flexibility index (Phi) is 13.3. The Morgan fingerprint density at radius 1 is 1.23 bits per heavy atom. The minimum atomic E-state index is -1.41. The molecule has 3 aliphatic rings. The van der Waals surface area contributed by atoms with Crippen molar-refractivity contribution in [3.63, 3.8) is 0 Å². The minimum Gasteiger partial charge on any atom is -0.492 e. The minimum absolute atomic E-state index is 0.0137. The van der Waals surface area contributed by atoms with Crippen molar-refractivity contribution in [2.24, 2.45) is 28.9 Å². The molecule has 1 saturated heterocycles. The molecule has 1 aliphatic carbocycles. The first-order valence-electron chi connectivity index (χ1n) is 14.8. The molecule has 3 rings (SSSR count). The Labute approximate surface area is 251 Å². The number of amides is 2. The number of urea groups is 1. The Bertz CT molecular complexity index is 918. The van der Waals surface area contributed by atoms with E-state index in [4.69, 9.17) is 37.1 Å². The van der Waals surface area contributed by atoms with Crippen LogP contribution in [0.3, 0.4) is 0 Å². The van der Waals surface area contributed by atoms with Crippen molar-refractivity contribution in [3.8, 4) is 0 Å². The number of aliphatic hydroxyl groups is 4. The van der Waals surface area contributed by atoms with Gasteiger partial charge in [-0.3, -0.25) is 5.21 Å². The second kappa shape index (κ2) is 16.0. The predicted molar refractivity (Wildman–Crippen MR) is 154 cm³/mol. The predicted octanol–water partition coefficient (Wildman–Crippen LogP) is -4.84. The second-order valence-corrected chi connectivity index (χ2v) is 11.8.